The van der Waals surface area contributed by atoms with Gasteiger partial charge in [-0.15, -0.1) is 0 Å². The van der Waals surface area contributed by atoms with Crippen LogP contribution in [0.4, 0.5) is 4.39 Å². The van der Waals surface area contributed by atoms with Crippen LogP contribution in [0, 0.1) is 5.82 Å². The molecule has 0 aliphatic heterocycles. The molecule has 0 radical (unpaired) electrons. The van der Waals surface area contributed by atoms with Gasteiger partial charge in [0.25, 0.3) is 0 Å². The van der Waals surface area contributed by atoms with Crippen molar-refractivity contribution in [1.29, 1.82) is 0 Å². The highest BCUT2D eigenvalue weighted by molar-refractivity contribution is 5.26. The van der Waals surface area contributed by atoms with Crippen molar-refractivity contribution < 1.29 is 13.9 Å². The maximum absolute atomic E-state index is 13.3. The fraction of sp³-hybridized carbons (Fsp3) is 0.643. The molecule has 1 N–H and O–H groups in total. The maximum atomic E-state index is 13.3. The summed E-state index contributed by atoms with van der Waals surface area (Å²) in [6.45, 7) is 9.00. The average molecular weight is 270 g/mol. The number of ether oxygens (including phenoxy) is 2. The highest BCUT2D eigenvalue weighted by atomic mass is 19.1. The third-order valence-electron chi connectivity index (χ3n) is 2.42. The molecule has 1 aromatic heterocycles. The van der Waals surface area contributed by atoms with Crippen LogP contribution >= 0.6 is 0 Å². The number of rotatable bonds is 6. The van der Waals surface area contributed by atoms with Gasteiger partial charge in [0, 0.05) is 24.8 Å². The summed E-state index contributed by atoms with van der Waals surface area (Å²) in [6.07, 6.45) is 1.03. The van der Waals surface area contributed by atoms with Crippen LogP contribution in [-0.4, -0.2) is 30.3 Å². The second-order valence-electron chi connectivity index (χ2n) is 5.61. The normalized spacial score (nSPS) is 13.4. The van der Waals surface area contributed by atoms with Gasteiger partial charge >= 0.3 is 0 Å². The molecule has 5 heteroatoms. The molecule has 0 aromatic carbocycles. The van der Waals surface area contributed by atoms with Crippen molar-refractivity contribution in [3.05, 3.63) is 23.6 Å². The number of pyridine rings is 1. The molecule has 0 spiro atoms. The van der Waals surface area contributed by atoms with Crippen molar-refractivity contribution in [2.24, 2.45) is 0 Å². The Morgan fingerprint density at radius 3 is 2.68 bits per heavy atom. The molecule has 1 rings (SSSR count). The smallest absolute Gasteiger partial charge is 0.218 e. The SMILES string of the molecule is COCC(C)Oc1ncc(F)cc1CNC(C)(C)C. The minimum absolute atomic E-state index is 0.0538. The average Bonchev–Trinajstić information content (AvgIpc) is 2.29. The molecular formula is C14H23FN2O2. The lowest BCUT2D eigenvalue weighted by Gasteiger charge is -2.22. The van der Waals surface area contributed by atoms with Crippen molar-refractivity contribution in [3.63, 3.8) is 0 Å². The molecule has 0 bridgehead atoms. The minimum atomic E-state index is -0.363. The number of methoxy groups -OCH3 is 1. The van der Waals surface area contributed by atoms with E-state index >= 15 is 0 Å². The van der Waals surface area contributed by atoms with Gasteiger partial charge in [0.2, 0.25) is 5.88 Å². The summed E-state index contributed by atoms with van der Waals surface area (Å²) in [6, 6.07) is 1.45. The third-order valence-corrected chi connectivity index (χ3v) is 2.42. The van der Waals surface area contributed by atoms with Gasteiger partial charge < -0.3 is 14.8 Å². The van der Waals surface area contributed by atoms with Crippen molar-refractivity contribution in [1.82, 2.24) is 10.3 Å². The van der Waals surface area contributed by atoms with Crippen LogP contribution in [0.25, 0.3) is 0 Å². The Bertz CT molecular complexity index is 405. The van der Waals surface area contributed by atoms with Crippen molar-refractivity contribution in [2.45, 2.75) is 45.9 Å². The van der Waals surface area contributed by atoms with Crippen molar-refractivity contribution >= 4 is 0 Å². The molecule has 0 saturated heterocycles. The fourth-order valence-corrected chi connectivity index (χ4v) is 1.52. The molecule has 0 aliphatic carbocycles. The first-order valence-electron chi connectivity index (χ1n) is 6.37. The van der Waals surface area contributed by atoms with Gasteiger partial charge in [-0.1, -0.05) is 0 Å². The van der Waals surface area contributed by atoms with E-state index in [0.717, 1.165) is 6.20 Å². The maximum Gasteiger partial charge on any atom is 0.218 e. The summed E-state index contributed by atoms with van der Waals surface area (Å²) >= 11 is 0. The third kappa shape index (κ3) is 5.98. The number of hydrogen-bond acceptors (Lipinski definition) is 4. The molecular weight excluding hydrogens is 247 g/mol. The molecule has 1 aromatic rings. The van der Waals surface area contributed by atoms with Gasteiger partial charge in [-0.25, -0.2) is 9.37 Å². The van der Waals surface area contributed by atoms with Gasteiger partial charge in [0.1, 0.15) is 11.9 Å². The summed E-state index contributed by atoms with van der Waals surface area (Å²) < 4.78 is 24.0. The Morgan fingerprint density at radius 1 is 1.42 bits per heavy atom. The minimum Gasteiger partial charge on any atom is -0.472 e. The molecule has 0 aliphatic rings. The fourth-order valence-electron chi connectivity index (χ4n) is 1.52. The molecule has 0 fully saturated rings. The van der Waals surface area contributed by atoms with Crippen LogP contribution in [0.3, 0.4) is 0 Å². The second kappa shape index (κ2) is 6.82. The van der Waals surface area contributed by atoms with Crippen LogP contribution in [-0.2, 0) is 11.3 Å². The van der Waals surface area contributed by atoms with Crippen LogP contribution < -0.4 is 10.1 Å². The van der Waals surface area contributed by atoms with Gasteiger partial charge in [-0.2, -0.15) is 0 Å². The number of aromatic nitrogens is 1. The molecule has 0 saturated carbocycles. The first-order valence-corrected chi connectivity index (χ1v) is 6.37. The van der Waals surface area contributed by atoms with Crippen LogP contribution in [0.15, 0.2) is 12.3 Å². The van der Waals surface area contributed by atoms with Gasteiger partial charge in [0.05, 0.1) is 12.8 Å². The largest absolute Gasteiger partial charge is 0.472 e. The topological polar surface area (TPSA) is 43.4 Å². The second-order valence-corrected chi connectivity index (χ2v) is 5.61. The lowest BCUT2D eigenvalue weighted by atomic mass is 10.1. The molecule has 1 atom stereocenters. The summed E-state index contributed by atoms with van der Waals surface area (Å²) in [5.41, 5.74) is 0.653. The van der Waals surface area contributed by atoms with E-state index in [1.807, 2.05) is 27.7 Å². The van der Waals surface area contributed by atoms with E-state index < -0.39 is 0 Å². The van der Waals surface area contributed by atoms with Gasteiger partial charge in [-0.05, 0) is 33.8 Å². The number of hydrogen-bond donors (Lipinski definition) is 1. The lowest BCUT2D eigenvalue weighted by molar-refractivity contribution is 0.0879. The zero-order chi connectivity index (χ0) is 14.5. The molecule has 108 valence electrons. The molecule has 4 nitrogen and oxygen atoms in total. The summed E-state index contributed by atoms with van der Waals surface area (Å²) in [4.78, 5) is 4.01. The predicted molar refractivity (Wildman–Crippen MR) is 72.8 cm³/mol. The Labute approximate surface area is 114 Å². The van der Waals surface area contributed by atoms with Gasteiger partial charge in [0.15, 0.2) is 0 Å². The molecule has 0 amide bonds. The number of nitrogens with one attached hydrogen (secondary N) is 1. The predicted octanol–water partition coefficient (Wildman–Crippen LogP) is 2.52. The van der Waals surface area contributed by atoms with E-state index in [9.17, 15) is 4.39 Å². The Kier molecular flexibility index (Phi) is 5.69. The zero-order valence-electron chi connectivity index (χ0n) is 12.3. The Balaban J connectivity index is 2.79. The quantitative estimate of drug-likeness (QED) is 0.862. The van der Waals surface area contributed by atoms with Crippen molar-refractivity contribution in [2.75, 3.05) is 13.7 Å². The number of nitrogens with zero attached hydrogens (tertiary/aromatic N) is 1. The van der Waals surface area contributed by atoms with E-state index in [2.05, 4.69) is 10.3 Å². The van der Waals surface area contributed by atoms with Crippen LogP contribution in [0.2, 0.25) is 0 Å². The van der Waals surface area contributed by atoms with E-state index in [1.165, 1.54) is 6.07 Å². The summed E-state index contributed by atoms with van der Waals surface area (Å²) in [5, 5.41) is 3.29. The highest BCUT2D eigenvalue weighted by Crippen LogP contribution is 2.18. The molecule has 1 unspecified atom stereocenters. The Hall–Kier alpha value is -1.20. The van der Waals surface area contributed by atoms with Crippen LogP contribution in [0.5, 0.6) is 5.88 Å². The van der Waals surface area contributed by atoms with Gasteiger partial charge in [-0.3, -0.25) is 0 Å². The van der Waals surface area contributed by atoms with E-state index in [-0.39, 0.29) is 17.5 Å². The zero-order valence-corrected chi connectivity index (χ0v) is 12.3. The number of halogens is 1. The molecule has 1 heterocycles. The van der Waals surface area contributed by atoms with Crippen LogP contribution in [0.1, 0.15) is 33.3 Å². The van der Waals surface area contributed by atoms with Crippen molar-refractivity contribution in [3.8, 4) is 5.88 Å². The standard InChI is InChI=1S/C14H23FN2O2/c1-10(9-18-5)19-13-11(6-12(15)8-16-13)7-17-14(2,3)4/h6,8,10,17H,7,9H2,1-5H3. The first kappa shape index (κ1) is 15.9. The monoisotopic (exact) mass is 270 g/mol. The Morgan fingerprint density at radius 2 is 2.11 bits per heavy atom. The highest BCUT2D eigenvalue weighted by Gasteiger charge is 2.14. The lowest BCUT2D eigenvalue weighted by Crippen LogP contribution is -2.35. The first-order chi connectivity index (χ1) is 8.81. The molecule has 19 heavy (non-hydrogen) atoms. The summed E-state index contributed by atoms with van der Waals surface area (Å²) in [7, 11) is 1.61. The summed E-state index contributed by atoms with van der Waals surface area (Å²) in [5.74, 6) is 0.0835. The van der Waals surface area contributed by atoms with E-state index in [0.29, 0.717) is 24.6 Å². The van der Waals surface area contributed by atoms with E-state index in [1.54, 1.807) is 7.11 Å². The van der Waals surface area contributed by atoms with E-state index in [4.69, 9.17) is 9.47 Å².